The number of sulfonamides is 1. The molecule has 2 heterocycles. The molecule has 1 fully saturated rings. The van der Waals surface area contributed by atoms with Gasteiger partial charge in [-0.25, -0.2) is 8.42 Å². The highest BCUT2D eigenvalue weighted by atomic mass is 32.2. The van der Waals surface area contributed by atoms with Gasteiger partial charge in [-0.1, -0.05) is 0 Å². The van der Waals surface area contributed by atoms with Crippen molar-refractivity contribution in [3.05, 3.63) is 23.8 Å². The van der Waals surface area contributed by atoms with E-state index in [1.807, 2.05) is 0 Å². The van der Waals surface area contributed by atoms with Crippen molar-refractivity contribution in [3.8, 4) is 5.75 Å². The molecule has 1 N–H and O–H groups in total. The van der Waals surface area contributed by atoms with Crippen molar-refractivity contribution in [2.45, 2.75) is 24.2 Å². The Balaban J connectivity index is 1.88. The van der Waals surface area contributed by atoms with E-state index >= 15 is 0 Å². The normalized spacial score (nSPS) is 22.6. The van der Waals surface area contributed by atoms with Crippen LogP contribution in [0.4, 0.5) is 0 Å². The Kier molecular flexibility index (Phi) is 3.62. The summed E-state index contributed by atoms with van der Waals surface area (Å²) in [5, 5.41) is 9.08. The number of benzene rings is 1. The minimum Gasteiger partial charge on any atom is -0.493 e. The maximum atomic E-state index is 12.6. The van der Waals surface area contributed by atoms with E-state index in [0.29, 0.717) is 32.4 Å². The van der Waals surface area contributed by atoms with E-state index in [-0.39, 0.29) is 11.4 Å². The maximum Gasteiger partial charge on any atom is 0.307 e. The second kappa shape index (κ2) is 5.31. The van der Waals surface area contributed by atoms with Gasteiger partial charge in [0, 0.05) is 19.5 Å². The molecule has 0 aromatic heterocycles. The van der Waals surface area contributed by atoms with Crippen molar-refractivity contribution < 1.29 is 23.1 Å². The number of nitrogens with zero attached hydrogens (tertiary/aromatic N) is 1. The average Bonchev–Trinajstić information content (AvgIpc) is 2.94. The molecule has 6 nitrogen and oxygen atoms in total. The summed E-state index contributed by atoms with van der Waals surface area (Å²) in [6.07, 6.45) is 1.81. The number of aliphatic carboxylic acids is 1. The second-order valence-corrected chi connectivity index (χ2v) is 7.35. The van der Waals surface area contributed by atoms with Crippen LogP contribution in [0.15, 0.2) is 23.1 Å². The Morgan fingerprint density at radius 3 is 2.95 bits per heavy atom. The van der Waals surface area contributed by atoms with Gasteiger partial charge in [0.1, 0.15) is 5.75 Å². The number of carboxylic acids is 1. The molecule has 1 atom stereocenters. The molecule has 3 rings (SSSR count). The van der Waals surface area contributed by atoms with E-state index in [4.69, 9.17) is 9.84 Å². The zero-order chi connectivity index (χ0) is 15.0. The van der Waals surface area contributed by atoms with Crippen LogP contribution in [-0.2, 0) is 21.2 Å². The summed E-state index contributed by atoms with van der Waals surface area (Å²) in [5.41, 5.74) is 0.892. The largest absolute Gasteiger partial charge is 0.493 e. The van der Waals surface area contributed by atoms with Gasteiger partial charge in [0.15, 0.2) is 0 Å². The SMILES string of the molecule is O=C(O)[C@@H]1CCCN(S(=O)(=O)c2ccc3c(c2)CCO3)C1. The molecule has 1 saturated heterocycles. The fourth-order valence-corrected chi connectivity index (χ4v) is 4.41. The Bertz CT molecular complexity index is 670. The van der Waals surface area contributed by atoms with Gasteiger partial charge in [-0.3, -0.25) is 4.79 Å². The lowest BCUT2D eigenvalue weighted by molar-refractivity contribution is -0.142. The summed E-state index contributed by atoms with van der Waals surface area (Å²) >= 11 is 0. The zero-order valence-corrected chi connectivity index (χ0v) is 12.3. The Morgan fingerprint density at radius 1 is 1.38 bits per heavy atom. The molecular formula is C14H17NO5S. The van der Waals surface area contributed by atoms with Crippen LogP contribution in [0.1, 0.15) is 18.4 Å². The minimum atomic E-state index is -3.64. The molecule has 0 bridgehead atoms. The van der Waals surface area contributed by atoms with Crippen LogP contribution in [-0.4, -0.2) is 43.5 Å². The summed E-state index contributed by atoms with van der Waals surface area (Å²) in [6.45, 7) is 0.995. The van der Waals surface area contributed by atoms with Crippen LogP contribution in [0.5, 0.6) is 5.75 Å². The van der Waals surface area contributed by atoms with E-state index in [1.165, 1.54) is 10.4 Å². The number of carbonyl (C=O) groups is 1. The van der Waals surface area contributed by atoms with E-state index in [0.717, 1.165) is 11.3 Å². The molecule has 0 aliphatic carbocycles. The summed E-state index contributed by atoms with van der Waals surface area (Å²) in [4.78, 5) is 11.3. The molecule has 114 valence electrons. The number of carboxylic acid groups (broad SMARTS) is 1. The highest BCUT2D eigenvalue weighted by molar-refractivity contribution is 7.89. The van der Waals surface area contributed by atoms with Crippen molar-refractivity contribution >= 4 is 16.0 Å². The average molecular weight is 311 g/mol. The van der Waals surface area contributed by atoms with Crippen LogP contribution in [0.3, 0.4) is 0 Å². The highest BCUT2D eigenvalue weighted by Crippen LogP contribution is 2.30. The first kappa shape index (κ1) is 14.3. The van der Waals surface area contributed by atoms with Gasteiger partial charge in [0.25, 0.3) is 0 Å². The predicted octanol–water partition coefficient (Wildman–Crippen LogP) is 1.11. The van der Waals surface area contributed by atoms with E-state index in [9.17, 15) is 13.2 Å². The first-order chi connectivity index (χ1) is 9.98. The van der Waals surface area contributed by atoms with Crippen LogP contribution < -0.4 is 4.74 Å². The lowest BCUT2D eigenvalue weighted by Crippen LogP contribution is -2.42. The molecule has 7 heteroatoms. The molecule has 0 amide bonds. The molecule has 21 heavy (non-hydrogen) atoms. The first-order valence-corrected chi connectivity index (χ1v) is 8.41. The molecular weight excluding hydrogens is 294 g/mol. The van der Waals surface area contributed by atoms with Gasteiger partial charge < -0.3 is 9.84 Å². The second-order valence-electron chi connectivity index (χ2n) is 5.41. The Hall–Kier alpha value is -1.60. The minimum absolute atomic E-state index is 0.0469. The van der Waals surface area contributed by atoms with Gasteiger partial charge in [-0.05, 0) is 36.6 Å². The topological polar surface area (TPSA) is 83.9 Å². The summed E-state index contributed by atoms with van der Waals surface area (Å²) in [7, 11) is -3.64. The summed E-state index contributed by atoms with van der Waals surface area (Å²) in [5.74, 6) is -0.820. The fraction of sp³-hybridized carbons (Fsp3) is 0.500. The molecule has 2 aliphatic heterocycles. The van der Waals surface area contributed by atoms with Crippen LogP contribution in [0.25, 0.3) is 0 Å². The van der Waals surface area contributed by atoms with E-state index in [1.54, 1.807) is 12.1 Å². The van der Waals surface area contributed by atoms with E-state index < -0.39 is 21.9 Å². The molecule has 0 unspecified atom stereocenters. The highest BCUT2D eigenvalue weighted by Gasteiger charge is 2.33. The van der Waals surface area contributed by atoms with Gasteiger partial charge in [0.2, 0.25) is 10.0 Å². The quantitative estimate of drug-likeness (QED) is 0.904. The summed E-state index contributed by atoms with van der Waals surface area (Å²) < 4.78 is 32.0. The van der Waals surface area contributed by atoms with Gasteiger partial charge >= 0.3 is 5.97 Å². The number of rotatable bonds is 3. The molecule has 1 aromatic rings. The lowest BCUT2D eigenvalue weighted by atomic mass is 10.0. The number of piperidine rings is 1. The molecule has 2 aliphatic rings. The van der Waals surface area contributed by atoms with Crippen molar-refractivity contribution in [2.24, 2.45) is 5.92 Å². The van der Waals surface area contributed by atoms with Crippen molar-refractivity contribution in [1.82, 2.24) is 4.31 Å². The number of hydrogen-bond acceptors (Lipinski definition) is 4. The van der Waals surface area contributed by atoms with Gasteiger partial charge in [-0.2, -0.15) is 4.31 Å². The van der Waals surface area contributed by atoms with Crippen molar-refractivity contribution in [2.75, 3.05) is 19.7 Å². The molecule has 0 radical (unpaired) electrons. The third-order valence-electron chi connectivity index (χ3n) is 4.03. The van der Waals surface area contributed by atoms with Crippen LogP contribution in [0.2, 0.25) is 0 Å². The smallest absolute Gasteiger partial charge is 0.307 e. The molecule has 1 aromatic carbocycles. The Morgan fingerprint density at radius 2 is 2.19 bits per heavy atom. The molecule has 0 spiro atoms. The number of ether oxygens (including phenoxy) is 1. The van der Waals surface area contributed by atoms with Gasteiger partial charge in [0.05, 0.1) is 17.4 Å². The predicted molar refractivity (Wildman–Crippen MR) is 74.8 cm³/mol. The lowest BCUT2D eigenvalue weighted by Gasteiger charge is -2.29. The summed E-state index contributed by atoms with van der Waals surface area (Å²) in [6, 6.07) is 4.85. The number of hydrogen-bond donors (Lipinski definition) is 1. The van der Waals surface area contributed by atoms with Gasteiger partial charge in [-0.15, -0.1) is 0 Å². The van der Waals surface area contributed by atoms with Crippen LogP contribution in [0, 0.1) is 5.92 Å². The third-order valence-corrected chi connectivity index (χ3v) is 5.89. The molecule has 0 saturated carbocycles. The van der Waals surface area contributed by atoms with Crippen LogP contribution >= 0.6 is 0 Å². The number of fused-ring (bicyclic) bond motifs is 1. The standard InChI is InChI=1S/C14H17NO5S/c16-14(17)11-2-1-6-15(9-11)21(18,19)12-3-4-13-10(8-12)5-7-20-13/h3-4,8,11H,1-2,5-7,9H2,(H,16,17)/t11-/m1/s1. The van der Waals surface area contributed by atoms with E-state index in [2.05, 4.69) is 0 Å². The zero-order valence-electron chi connectivity index (χ0n) is 11.5. The fourth-order valence-electron chi connectivity index (χ4n) is 2.83. The van der Waals surface area contributed by atoms with Crippen molar-refractivity contribution in [1.29, 1.82) is 0 Å². The maximum absolute atomic E-state index is 12.6. The monoisotopic (exact) mass is 311 g/mol. The third kappa shape index (κ3) is 2.63. The van der Waals surface area contributed by atoms with Crippen molar-refractivity contribution in [3.63, 3.8) is 0 Å². The Labute approximate surface area is 123 Å². The first-order valence-electron chi connectivity index (χ1n) is 6.97.